The summed E-state index contributed by atoms with van der Waals surface area (Å²) < 4.78 is 27.0. The fraction of sp³-hybridized carbons (Fsp3) is 0.750. The molecule has 4 aliphatic rings. The SMILES string of the molecule is COC(=O)C1=COC(OC(=O)N2CCOCC2)C2C1CC1OC12C. The Kier molecular flexibility index (Phi) is 3.69. The van der Waals surface area contributed by atoms with Gasteiger partial charge in [0.05, 0.1) is 44.2 Å². The third-order valence-corrected chi connectivity index (χ3v) is 5.47. The molecule has 0 aromatic heterocycles. The number of morpholine rings is 1. The van der Waals surface area contributed by atoms with Gasteiger partial charge in [0.1, 0.15) is 5.60 Å². The molecule has 8 heteroatoms. The number of esters is 1. The first kappa shape index (κ1) is 15.7. The summed E-state index contributed by atoms with van der Waals surface area (Å²) in [6, 6.07) is 0. The number of ether oxygens (including phenoxy) is 5. The first-order valence-electron chi connectivity index (χ1n) is 8.19. The van der Waals surface area contributed by atoms with Crippen LogP contribution in [-0.2, 0) is 28.5 Å². The van der Waals surface area contributed by atoms with Crippen LogP contribution in [0.25, 0.3) is 0 Å². The van der Waals surface area contributed by atoms with E-state index in [4.69, 9.17) is 23.7 Å². The van der Waals surface area contributed by atoms with Gasteiger partial charge in [-0.25, -0.2) is 9.59 Å². The highest BCUT2D eigenvalue weighted by Crippen LogP contribution is 2.61. The number of carbonyl (C=O) groups excluding carboxylic acids is 2. The molecule has 1 saturated carbocycles. The van der Waals surface area contributed by atoms with Gasteiger partial charge in [0.25, 0.3) is 6.29 Å². The molecule has 0 N–H and O–H groups in total. The highest BCUT2D eigenvalue weighted by molar-refractivity contribution is 5.89. The Labute approximate surface area is 139 Å². The molecule has 0 aromatic carbocycles. The maximum Gasteiger partial charge on any atom is 0.413 e. The van der Waals surface area contributed by atoms with Crippen LogP contribution in [0.2, 0.25) is 0 Å². The van der Waals surface area contributed by atoms with Crippen molar-refractivity contribution in [1.82, 2.24) is 4.90 Å². The van der Waals surface area contributed by atoms with Gasteiger partial charge < -0.3 is 28.6 Å². The van der Waals surface area contributed by atoms with Crippen LogP contribution >= 0.6 is 0 Å². The number of carbonyl (C=O) groups is 2. The van der Waals surface area contributed by atoms with Crippen LogP contribution in [0, 0.1) is 11.8 Å². The van der Waals surface area contributed by atoms with Crippen molar-refractivity contribution in [3.63, 3.8) is 0 Å². The van der Waals surface area contributed by atoms with Gasteiger partial charge in [-0.1, -0.05) is 0 Å². The molecule has 24 heavy (non-hydrogen) atoms. The quantitative estimate of drug-likeness (QED) is 0.539. The van der Waals surface area contributed by atoms with Crippen molar-refractivity contribution < 1.29 is 33.3 Å². The molecule has 5 unspecified atom stereocenters. The van der Waals surface area contributed by atoms with Crippen LogP contribution in [0.5, 0.6) is 0 Å². The highest BCUT2D eigenvalue weighted by atomic mass is 16.7. The molecule has 8 nitrogen and oxygen atoms in total. The Hall–Kier alpha value is -1.80. The number of hydrogen-bond acceptors (Lipinski definition) is 7. The smallest absolute Gasteiger partial charge is 0.413 e. The lowest BCUT2D eigenvalue weighted by Crippen LogP contribution is -2.47. The molecule has 3 fully saturated rings. The monoisotopic (exact) mass is 339 g/mol. The summed E-state index contributed by atoms with van der Waals surface area (Å²) >= 11 is 0. The second kappa shape index (κ2) is 5.63. The van der Waals surface area contributed by atoms with Crippen molar-refractivity contribution in [2.45, 2.75) is 31.3 Å². The zero-order valence-corrected chi connectivity index (χ0v) is 13.7. The summed E-state index contributed by atoms with van der Waals surface area (Å²) in [5.41, 5.74) is 0.0620. The predicted molar refractivity (Wildman–Crippen MR) is 78.7 cm³/mol. The number of methoxy groups -OCH3 is 1. The highest BCUT2D eigenvalue weighted by Gasteiger charge is 2.71. The van der Waals surface area contributed by atoms with E-state index in [1.807, 2.05) is 6.92 Å². The summed E-state index contributed by atoms with van der Waals surface area (Å²) in [6.45, 7) is 3.98. The molecule has 132 valence electrons. The second-order valence-electron chi connectivity index (χ2n) is 6.71. The standard InChI is InChI=1S/C16H21NO7/c1-16-11(24-16)7-9-10(13(18)20-2)8-22-14(12(9)16)23-15(19)17-3-5-21-6-4-17/h8-9,11-12,14H,3-7H2,1-2H3. The van der Waals surface area contributed by atoms with Crippen LogP contribution in [0.4, 0.5) is 4.79 Å². The first-order valence-corrected chi connectivity index (χ1v) is 8.19. The van der Waals surface area contributed by atoms with Crippen molar-refractivity contribution in [2.75, 3.05) is 33.4 Å². The summed E-state index contributed by atoms with van der Waals surface area (Å²) in [4.78, 5) is 25.9. The van der Waals surface area contributed by atoms with Crippen molar-refractivity contribution in [3.8, 4) is 0 Å². The van der Waals surface area contributed by atoms with Gasteiger partial charge in [-0.05, 0) is 13.3 Å². The van der Waals surface area contributed by atoms with Crippen LogP contribution in [0.15, 0.2) is 11.8 Å². The Balaban J connectivity index is 1.52. The molecule has 3 heterocycles. The molecule has 2 saturated heterocycles. The summed E-state index contributed by atoms with van der Waals surface area (Å²) in [5, 5.41) is 0. The molecular formula is C16H21NO7. The van der Waals surface area contributed by atoms with E-state index in [0.717, 1.165) is 0 Å². The van der Waals surface area contributed by atoms with Crippen molar-refractivity contribution in [3.05, 3.63) is 11.8 Å². The van der Waals surface area contributed by atoms with Crippen molar-refractivity contribution in [2.24, 2.45) is 11.8 Å². The lowest BCUT2D eigenvalue weighted by Gasteiger charge is -2.37. The van der Waals surface area contributed by atoms with Crippen LogP contribution in [-0.4, -0.2) is 68.4 Å². The average molecular weight is 339 g/mol. The molecule has 1 aliphatic carbocycles. The van der Waals surface area contributed by atoms with E-state index in [9.17, 15) is 9.59 Å². The van der Waals surface area contributed by atoms with E-state index >= 15 is 0 Å². The maximum absolute atomic E-state index is 12.4. The first-order chi connectivity index (χ1) is 11.5. The van der Waals surface area contributed by atoms with Crippen LogP contribution in [0.3, 0.4) is 0 Å². The number of nitrogens with zero attached hydrogens (tertiary/aromatic N) is 1. The van der Waals surface area contributed by atoms with Gasteiger partial charge >= 0.3 is 12.1 Å². The minimum Gasteiger partial charge on any atom is -0.466 e. The van der Waals surface area contributed by atoms with E-state index in [-0.39, 0.29) is 17.9 Å². The Bertz CT molecular complexity index is 585. The van der Waals surface area contributed by atoms with E-state index in [0.29, 0.717) is 38.3 Å². The number of hydrogen-bond donors (Lipinski definition) is 0. The zero-order valence-electron chi connectivity index (χ0n) is 13.7. The molecule has 3 aliphatic heterocycles. The normalized spacial score (nSPS) is 39.9. The third kappa shape index (κ3) is 2.36. The minimum absolute atomic E-state index is 0.0619. The Morgan fingerprint density at radius 3 is 2.79 bits per heavy atom. The van der Waals surface area contributed by atoms with Gasteiger partial charge in [-0.2, -0.15) is 0 Å². The predicted octanol–water partition coefficient (Wildman–Crippen LogP) is 0.662. The Morgan fingerprint density at radius 1 is 1.33 bits per heavy atom. The van der Waals surface area contributed by atoms with Gasteiger partial charge in [0, 0.05) is 19.0 Å². The van der Waals surface area contributed by atoms with E-state index in [1.54, 1.807) is 4.90 Å². The third-order valence-electron chi connectivity index (χ3n) is 5.47. The molecule has 0 bridgehead atoms. The number of epoxide rings is 1. The zero-order chi connectivity index (χ0) is 16.9. The van der Waals surface area contributed by atoms with Crippen LogP contribution in [0.1, 0.15) is 13.3 Å². The van der Waals surface area contributed by atoms with E-state index < -0.39 is 24.0 Å². The second-order valence-corrected chi connectivity index (χ2v) is 6.71. The minimum atomic E-state index is -0.767. The van der Waals surface area contributed by atoms with Gasteiger partial charge in [-0.3, -0.25) is 0 Å². The largest absolute Gasteiger partial charge is 0.466 e. The average Bonchev–Trinajstić information content (AvgIpc) is 3.16. The molecule has 0 spiro atoms. The maximum atomic E-state index is 12.4. The summed E-state index contributed by atoms with van der Waals surface area (Å²) in [6.07, 6.45) is 0.947. The number of fused-ring (bicyclic) bond motifs is 3. The molecule has 0 radical (unpaired) electrons. The molecule has 0 aromatic rings. The van der Waals surface area contributed by atoms with Crippen molar-refractivity contribution >= 4 is 12.1 Å². The number of rotatable bonds is 2. The van der Waals surface area contributed by atoms with Gasteiger partial charge in [0.15, 0.2) is 0 Å². The number of amides is 1. The molecule has 1 amide bonds. The Morgan fingerprint density at radius 2 is 2.08 bits per heavy atom. The molecule has 4 rings (SSSR count). The molecular weight excluding hydrogens is 318 g/mol. The molecule has 5 atom stereocenters. The van der Waals surface area contributed by atoms with Crippen molar-refractivity contribution in [1.29, 1.82) is 0 Å². The van der Waals surface area contributed by atoms with E-state index in [1.165, 1.54) is 13.4 Å². The van der Waals surface area contributed by atoms with Gasteiger partial charge in [0.2, 0.25) is 0 Å². The lowest BCUT2D eigenvalue weighted by molar-refractivity contribution is -0.154. The van der Waals surface area contributed by atoms with Crippen LogP contribution < -0.4 is 0 Å². The topological polar surface area (TPSA) is 86.8 Å². The fourth-order valence-corrected chi connectivity index (χ4v) is 4.06. The van der Waals surface area contributed by atoms with E-state index in [2.05, 4.69) is 0 Å². The van der Waals surface area contributed by atoms with Gasteiger partial charge in [-0.15, -0.1) is 0 Å². The fourth-order valence-electron chi connectivity index (χ4n) is 4.06. The summed E-state index contributed by atoms with van der Waals surface area (Å²) in [7, 11) is 1.34. The summed E-state index contributed by atoms with van der Waals surface area (Å²) in [5.74, 6) is -0.711. The lowest BCUT2D eigenvalue weighted by atomic mass is 9.82.